The minimum Gasteiger partial charge on any atom is -0.481 e. The molecule has 14 heteroatoms. The molecule has 1 fully saturated rings. The number of hydrogen-bond acceptors (Lipinski definition) is 12. The molecular formula is C24H33N7O7. The van der Waals surface area contributed by atoms with Crippen LogP contribution in [0.25, 0.3) is 0 Å². The maximum Gasteiger partial charge on any atom is 0.303 e. The molecule has 0 spiro atoms. The number of aliphatic carboxylic acids is 1. The Labute approximate surface area is 219 Å². The normalized spacial score (nSPS) is 23.0. The summed E-state index contributed by atoms with van der Waals surface area (Å²) in [6.45, 7) is 2.52. The first-order chi connectivity index (χ1) is 18.2. The number of fused-ring (bicyclic) bond motifs is 1. The Morgan fingerprint density at radius 3 is 2.58 bits per heavy atom. The van der Waals surface area contributed by atoms with Gasteiger partial charge in [0.25, 0.3) is 0 Å². The fourth-order valence-electron chi connectivity index (χ4n) is 4.52. The number of amides is 1. The molecule has 0 bridgehead atoms. The second-order valence-corrected chi connectivity index (χ2v) is 9.14. The number of nitrogen functional groups attached to an aromatic ring is 1. The maximum atomic E-state index is 11.2. The van der Waals surface area contributed by atoms with Gasteiger partial charge in [0, 0.05) is 19.5 Å². The predicted molar refractivity (Wildman–Crippen MR) is 137 cm³/mol. The van der Waals surface area contributed by atoms with E-state index in [9.17, 15) is 24.9 Å². The molecule has 2 aliphatic rings. The number of carboxylic acid groups (broad SMARTS) is 1. The average Bonchev–Trinajstić information content (AvgIpc) is 3.45. The number of anilines is 4. The van der Waals surface area contributed by atoms with Crippen molar-refractivity contribution < 1.29 is 34.8 Å². The van der Waals surface area contributed by atoms with E-state index in [0.717, 1.165) is 16.0 Å². The molecule has 2 aliphatic heterocycles. The van der Waals surface area contributed by atoms with E-state index in [1.54, 1.807) is 11.8 Å². The van der Waals surface area contributed by atoms with Crippen LogP contribution in [0, 0.1) is 0 Å². The third-order valence-electron chi connectivity index (χ3n) is 6.68. The number of aliphatic hydroxyl groups is 3. The summed E-state index contributed by atoms with van der Waals surface area (Å²) in [4.78, 5) is 33.4. The van der Waals surface area contributed by atoms with Gasteiger partial charge in [-0.05, 0) is 30.9 Å². The molecule has 1 aromatic carbocycles. The van der Waals surface area contributed by atoms with Gasteiger partial charge >= 0.3 is 5.97 Å². The highest BCUT2D eigenvalue weighted by Gasteiger charge is 2.51. The fourth-order valence-corrected chi connectivity index (χ4v) is 4.52. The zero-order valence-electron chi connectivity index (χ0n) is 20.9. The van der Waals surface area contributed by atoms with Crippen molar-refractivity contribution in [2.24, 2.45) is 0 Å². The van der Waals surface area contributed by atoms with Gasteiger partial charge in [0.05, 0.1) is 6.67 Å². The van der Waals surface area contributed by atoms with Crippen molar-refractivity contribution in [3.8, 4) is 0 Å². The molecule has 1 amide bonds. The number of carboxylic acids is 1. The van der Waals surface area contributed by atoms with Crippen LogP contribution in [0.4, 0.5) is 23.3 Å². The number of nitrogens with one attached hydrogen (secondary N) is 2. The van der Waals surface area contributed by atoms with Crippen LogP contribution in [0.5, 0.6) is 0 Å². The monoisotopic (exact) mass is 531 g/mol. The number of likely N-dealkylation sites (N-methyl/N-ethyl adjacent to an activating group) is 1. The Bertz CT molecular complexity index is 1140. The van der Waals surface area contributed by atoms with Crippen molar-refractivity contribution in [3.05, 3.63) is 35.4 Å². The van der Waals surface area contributed by atoms with Gasteiger partial charge in [-0.2, -0.15) is 9.97 Å². The van der Waals surface area contributed by atoms with E-state index in [1.807, 2.05) is 24.3 Å². The molecule has 1 unspecified atom stereocenters. The van der Waals surface area contributed by atoms with Gasteiger partial charge in [-0.1, -0.05) is 24.3 Å². The summed E-state index contributed by atoms with van der Waals surface area (Å²) in [6, 6.07) is 7.71. The Morgan fingerprint density at radius 2 is 1.95 bits per heavy atom. The van der Waals surface area contributed by atoms with Crippen LogP contribution in [0.1, 0.15) is 24.5 Å². The molecule has 2 aromatic rings. The standard InChI is InChI=1S/C24H33N7O7/c1-2-30(12-32)22(37)19-17(35)18(36)23(38-19)31-11-27-16-20(25)28-24(29-21(16)31)26-10-9-14-5-3-13(4-6-14)7-8-15(33)34/h3-6,12,17-19,22-23,27,35-37H,2,7-11H2,1H3,(H,33,34)(H3,25,26,28,29)/t17-,18+,19-,22?,23+/m0/s1. The second kappa shape index (κ2) is 11.8. The van der Waals surface area contributed by atoms with Crippen LogP contribution in [0.15, 0.2) is 24.3 Å². The number of aryl methyl sites for hydroxylation is 1. The smallest absolute Gasteiger partial charge is 0.303 e. The summed E-state index contributed by atoms with van der Waals surface area (Å²) in [6.07, 6.45) is -4.90. The first-order valence-corrected chi connectivity index (χ1v) is 12.4. The van der Waals surface area contributed by atoms with E-state index in [-0.39, 0.29) is 31.4 Å². The lowest BCUT2D eigenvalue weighted by atomic mass is 10.1. The average molecular weight is 532 g/mol. The SMILES string of the molecule is CCN(C=O)C(O)[C@H]1O[C@@H](N2CNc3c(N)nc(NCCc4ccc(CCC(=O)O)cc4)nc32)[C@H](O)[C@@H]1O. The molecule has 0 aliphatic carbocycles. The van der Waals surface area contributed by atoms with Crippen LogP contribution in [0.3, 0.4) is 0 Å². The van der Waals surface area contributed by atoms with Crippen molar-refractivity contribution in [2.75, 3.05) is 41.0 Å². The first kappa shape index (κ1) is 27.3. The van der Waals surface area contributed by atoms with E-state index in [1.165, 1.54) is 0 Å². The highest BCUT2D eigenvalue weighted by atomic mass is 16.6. The molecule has 0 radical (unpaired) electrons. The number of rotatable bonds is 12. The molecule has 206 valence electrons. The van der Waals surface area contributed by atoms with Crippen LogP contribution < -0.4 is 21.3 Å². The Morgan fingerprint density at radius 1 is 1.26 bits per heavy atom. The van der Waals surface area contributed by atoms with Crippen molar-refractivity contribution >= 4 is 35.7 Å². The lowest BCUT2D eigenvalue weighted by molar-refractivity contribution is -0.148. The van der Waals surface area contributed by atoms with Gasteiger partial charge in [0.2, 0.25) is 12.4 Å². The van der Waals surface area contributed by atoms with Gasteiger partial charge in [0.1, 0.15) is 24.0 Å². The minimum absolute atomic E-state index is 0.0862. The number of nitrogens with two attached hydrogens (primary N) is 1. The summed E-state index contributed by atoms with van der Waals surface area (Å²) >= 11 is 0. The molecule has 1 aromatic heterocycles. The number of hydrogen-bond donors (Lipinski definition) is 7. The van der Waals surface area contributed by atoms with Crippen LogP contribution in [-0.2, 0) is 27.2 Å². The third kappa shape index (κ3) is 5.72. The highest BCUT2D eigenvalue weighted by molar-refractivity contribution is 5.81. The van der Waals surface area contributed by atoms with E-state index >= 15 is 0 Å². The molecule has 1 saturated heterocycles. The molecular weight excluding hydrogens is 498 g/mol. The van der Waals surface area contributed by atoms with Crippen molar-refractivity contribution in [2.45, 2.75) is 57.0 Å². The lowest BCUT2D eigenvalue weighted by Gasteiger charge is -2.29. The van der Waals surface area contributed by atoms with E-state index < -0.39 is 36.7 Å². The number of carbonyl (C=O) groups is 2. The number of carbonyl (C=O) groups excluding carboxylic acids is 1. The Hall–Kier alpha value is -3.72. The third-order valence-corrected chi connectivity index (χ3v) is 6.68. The quantitative estimate of drug-likeness (QED) is 0.132. The molecule has 38 heavy (non-hydrogen) atoms. The number of aromatic nitrogens is 2. The zero-order chi connectivity index (χ0) is 27.4. The summed E-state index contributed by atoms with van der Waals surface area (Å²) in [7, 11) is 0. The Kier molecular flexibility index (Phi) is 8.46. The molecule has 0 saturated carbocycles. The highest BCUT2D eigenvalue weighted by Crippen LogP contribution is 2.39. The van der Waals surface area contributed by atoms with Crippen LogP contribution in [0.2, 0.25) is 0 Å². The maximum absolute atomic E-state index is 11.2. The van der Waals surface area contributed by atoms with Gasteiger partial charge in [-0.3, -0.25) is 9.59 Å². The van der Waals surface area contributed by atoms with Gasteiger partial charge < -0.3 is 51.3 Å². The van der Waals surface area contributed by atoms with Crippen molar-refractivity contribution in [1.29, 1.82) is 0 Å². The van der Waals surface area contributed by atoms with Crippen LogP contribution >= 0.6 is 0 Å². The van der Waals surface area contributed by atoms with Crippen molar-refractivity contribution in [1.82, 2.24) is 14.9 Å². The number of aliphatic hydroxyl groups excluding tert-OH is 3. The largest absolute Gasteiger partial charge is 0.481 e. The molecule has 4 rings (SSSR count). The van der Waals surface area contributed by atoms with E-state index in [2.05, 4.69) is 20.6 Å². The summed E-state index contributed by atoms with van der Waals surface area (Å²) < 4.78 is 5.81. The zero-order valence-corrected chi connectivity index (χ0v) is 20.9. The molecule has 14 nitrogen and oxygen atoms in total. The van der Waals surface area contributed by atoms with Gasteiger partial charge in [-0.15, -0.1) is 0 Å². The fraction of sp³-hybridized carbons (Fsp3) is 0.500. The van der Waals surface area contributed by atoms with E-state index in [0.29, 0.717) is 37.3 Å². The molecule has 3 heterocycles. The summed E-state index contributed by atoms with van der Waals surface area (Å²) in [5, 5.41) is 46.7. The minimum atomic E-state index is -1.44. The number of nitrogens with zero attached hydrogens (tertiary/aromatic N) is 4. The predicted octanol–water partition coefficient (Wildman–Crippen LogP) is -0.837. The summed E-state index contributed by atoms with van der Waals surface area (Å²) in [5.74, 6) is -0.0255. The first-order valence-electron chi connectivity index (χ1n) is 12.4. The molecule has 5 atom stereocenters. The number of ether oxygens (including phenoxy) is 1. The second-order valence-electron chi connectivity index (χ2n) is 9.14. The summed E-state index contributed by atoms with van der Waals surface area (Å²) in [5.41, 5.74) is 8.59. The van der Waals surface area contributed by atoms with Gasteiger partial charge in [-0.25, -0.2) is 0 Å². The van der Waals surface area contributed by atoms with E-state index in [4.69, 9.17) is 15.6 Å². The van der Waals surface area contributed by atoms with Crippen molar-refractivity contribution in [3.63, 3.8) is 0 Å². The topological polar surface area (TPSA) is 207 Å². The molecule has 8 N–H and O–H groups in total. The van der Waals surface area contributed by atoms with Crippen LogP contribution in [-0.4, -0.2) is 98.2 Å². The number of benzene rings is 1. The Balaban J connectivity index is 1.41. The van der Waals surface area contributed by atoms with Gasteiger partial charge in [0.15, 0.2) is 24.1 Å². The lowest BCUT2D eigenvalue weighted by Crippen LogP contribution is -2.48.